The monoisotopic (exact) mass is 369 g/mol. The van der Waals surface area contributed by atoms with Crippen LogP contribution in [0, 0.1) is 0 Å². The number of carbonyl (C=O) groups is 1. The Kier molecular flexibility index (Phi) is 4.98. The third-order valence-corrected chi connectivity index (χ3v) is 3.95. The molecule has 1 aromatic carbocycles. The van der Waals surface area contributed by atoms with Crippen molar-refractivity contribution in [1.82, 2.24) is 19.3 Å². The van der Waals surface area contributed by atoms with Crippen molar-refractivity contribution in [3.8, 4) is 5.75 Å². The van der Waals surface area contributed by atoms with Crippen molar-refractivity contribution in [2.45, 2.75) is 39.8 Å². The highest BCUT2D eigenvalue weighted by molar-refractivity contribution is 5.90. The van der Waals surface area contributed by atoms with Gasteiger partial charge in [-0.3, -0.25) is 14.2 Å². The van der Waals surface area contributed by atoms with Gasteiger partial charge in [-0.2, -0.15) is 5.10 Å². The van der Waals surface area contributed by atoms with E-state index in [1.54, 1.807) is 28.9 Å². The van der Waals surface area contributed by atoms with Gasteiger partial charge in [0, 0.05) is 5.69 Å². The van der Waals surface area contributed by atoms with Gasteiger partial charge in [0.25, 0.3) is 5.56 Å². The fourth-order valence-electron chi connectivity index (χ4n) is 2.71. The summed E-state index contributed by atoms with van der Waals surface area (Å²) in [5.74, 6) is 0.419. The molecule has 0 bridgehead atoms. The van der Waals surface area contributed by atoms with Gasteiger partial charge in [-0.15, -0.1) is 0 Å². The van der Waals surface area contributed by atoms with Crippen molar-refractivity contribution in [2.24, 2.45) is 0 Å². The van der Waals surface area contributed by atoms with Crippen LogP contribution in [-0.4, -0.2) is 31.8 Å². The van der Waals surface area contributed by atoms with E-state index in [0.717, 1.165) is 5.75 Å². The predicted octanol–water partition coefficient (Wildman–Crippen LogP) is 2.39. The number of aromatic nitrogens is 4. The summed E-state index contributed by atoms with van der Waals surface area (Å²) in [5, 5.41) is 7.42. The highest BCUT2D eigenvalue weighted by Gasteiger charge is 2.20. The molecule has 8 nitrogen and oxygen atoms in total. The normalized spacial score (nSPS) is 11.6. The van der Waals surface area contributed by atoms with E-state index >= 15 is 0 Å². The third kappa shape index (κ3) is 3.99. The zero-order valence-electron chi connectivity index (χ0n) is 15.9. The number of nitrogens with one attached hydrogen (secondary N) is 1. The average molecular weight is 369 g/mol. The molecule has 8 heteroatoms. The summed E-state index contributed by atoms with van der Waals surface area (Å²) < 4.78 is 8.35. The number of hydrogen-bond donors (Lipinski definition) is 1. The number of nitrogens with zero attached hydrogens (tertiary/aromatic N) is 4. The zero-order chi connectivity index (χ0) is 19.6. The first-order valence-electron chi connectivity index (χ1n) is 8.76. The van der Waals surface area contributed by atoms with Crippen molar-refractivity contribution < 1.29 is 9.53 Å². The van der Waals surface area contributed by atoms with E-state index in [1.807, 2.05) is 27.7 Å². The van der Waals surface area contributed by atoms with E-state index < -0.39 is 0 Å². The van der Waals surface area contributed by atoms with Crippen molar-refractivity contribution in [3.63, 3.8) is 0 Å². The lowest BCUT2D eigenvalue weighted by Gasteiger charge is -2.19. The van der Waals surface area contributed by atoms with Crippen LogP contribution in [0.4, 0.5) is 5.69 Å². The second kappa shape index (κ2) is 7.22. The lowest BCUT2D eigenvalue weighted by molar-refractivity contribution is -0.116. The average Bonchev–Trinajstić information content (AvgIpc) is 3.04. The summed E-state index contributed by atoms with van der Waals surface area (Å²) in [4.78, 5) is 29.3. The van der Waals surface area contributed by atoms with E-state index in [0.29, 0.717) is 23.3 Å². The number of hydrogen-bond acceptors (Lipinski definition) is 5. The van der Waals surface area contributed by atoms with Crippen LogP contribution in [0.5, 0.6) is 5.75 Å². The quantitative estimate of drug-likeness (QED) is 0.746. The number of amides is 1. The van der Waals surface area contributed by atoms with Crippen LogP contribution in [0.1, 0.15) is 27.7 Å². The molecule has 0 unspecified atom stereocenters. The molecule has 0 saturated carbocycles. The number of fused-ring (bicyclic) bond motifs is 1. The summed E-state index contributed by atoms with van der Waals surface area (Å²) in [5.41, 5.74) is 0.553. The van der Waals surface area contributed by atoms with Crippen LogP contribution < -0.4 is 15.6 Å². The Morgan fingerprint density at radius 3 is 2.56 bits per heavy atom. The van der Waals surface area contributed by atoms with Crippen LogP contribution in [0.15, 0.2) is 41.6 Å². The summed E-state index contributed by atoms with van der Waals surface area (Å²) in [7, 11) is 0. The van der Waals surface area contributed by atoms with E-state index in [1.165, 1.54) is 17.1 Å². The van der Waals surface area contributed by atoms with Crippen molar-refractivity contribution in [3.05, 3.63) is 47.1 Å². The molecule has 0 saturated heterocycles. The maximum Gasteiger partial charge on any atom is 0.264 e. The molecule has 0 fully saturated rings. The Balaban J connectivity index is 1.77. The molecule has 0 radical (unpaired) electrons. The van der Waals surface area contributed by atoms with Crippen LogP contribution in [0.3, 0.4) is 0 Å². The fraction of sp³-hybridized carbons (Fsp3) is 0.368. The number of ether oxygens (including phenoxy) is 1. The molecule has 2 aromatic heterocycles. The minimum absolute atomic E-state index is 0.129. The Bertz CT molecular complexity index is 1010. The first kappa shape index (κ1) is 18.6. The van der Waals surface area contributed by atoms with Gasteiger partial charge in [-0.1, -0.05) is 0 Å². The summed E-state index contributed by atoms with van der Waals surface area (Å²) in [6.07, 6.45) is 2.88. The van der Waals surface area contributed by atoms with Gasteiger partial charge >= 0.3 is 0 Å². The summed E-state index contributed by atoms with van der Waals surface area (Å²) >= 11 is 0. The maximum atomic E-state index is 12.6. The highest BCUT2D eigenvalue weighted by atomic mass is 16.5. The van der Waals surface area contributed by atoms with Crippen LogP contribution in [0.25, 0.3) is 11.0 Å². The highest BCUT2D eigenvalue weighted by Crippen LogP contribution is 2.18. The first-order valence-corrected chi connectivity index (χ1v) is 8.76. The Morgan fingerprint density at radius 1 is 1.22 bits per heavy atom. The second-order valence-corrected chi connectivity index (χ2v) is 7.15. The smallest absolute Gasteiger partial charge is 0.264 e. The van der Waals surface area contributed by atoms with E-state index in [4.69, 9.17) is 4.74 Å². The predicted molar refractivity (Wildman–Crippen MR) is 103 cm³/mol. The molecule has 27 heavy (non-hydrogen) atoms. The first-order chi connectivity index (χ1) is 12.8. The molecule has 0 aliphatic heterocycles. The summed E-state index contributed by atoms with van der Waals surface area (Å²) in [6, 6.07) is 7.06. The van der Waals surface area contributed by atoms with Gasteiger partial charge < -0.3 is 10.1 Å². The molecule has 3 aromatic rings. The third-order valence-electron chi connectivity index (χ3n) is 3.95. The summed E-state index contributed by atoms with van der Waals surface area (Å²) in [6.45, 7) is 8.31. The molecule has 0 spiro atoms. The molecular formula is C19H23N5O3. The molecule has 3 rings (SSSR count). The minimum atomic E-state index is -0.314. The Labute approximate surface area is 156 Å². The van der Waals surface area contributed by atoms with Crippen molar-refractivity contribution in [1.29, 1.82) is 0 Å². The minimum Gasteiger partial charge on any atom is -0.494 e. The topological polar surface area (TPSA) is 91.0 Å². The maximum absolute atomic E-state index is 12.6. The molecule has 1 amide bonds. The van der Waals surface area contributed by atoms with Gasteiger partial charge in [0.05, 0.1) is 18.3 Å². The molecule has 1 N–H and O–H groups in total. The van der Waals surface area contributed by atoms with E-state index in [2.05, 4.69) is 15.4 Å². The molecule has 0 atom stereocenters. The van der Waals surface area contributed by atoms with Gasteiger partial charge in [0.2, 0.25) is 5.91 Å². The Morgan fingerprint density at radius 2 is 1.93 bits per heavy atom. The van der Waals surface area contributed by atoms with E-state index in [-0.39, 0.29) is 23.6 Å². The van der Waals surface area contributed by atoms with Crippen LogP contribution in [0.2, 0.25) is 0 Å². The SMILES string of the molecule is CCOc1ccc(NC(=O)Cn2cnc3c(cnn3C(C)(C)C)c2=O)cc1. The van der Waals surface area contributed by atoms with E-state index in [9.17, 15) is 9.59 Å². The lowest BCUT2D eigenvalue weighted by atomic mass is 10.1. The number of carbonyl (C=O) groups excluding carboxylic acids is 1. The zero-order valence-corrected chi connectivity index (χ0v) is 15.9. The second-order valence-electron chi connectivity index (χ2n) is 7.15. The van der Waals surface area contributed by atoms with Gasteiger partial charge in [0.1, 0.15) is 24.0 Å². The fourth-order valence-corrected chi connectivity index (χ4v) is 2.71. The molecule has 142 valence electrons. The van der Waals surface area contributed by atoms with Gasteiger partial charge in [0.15, 0.2) is 5.65 Å². The van der Waals surface area contributed by atoms with Crippen molar-refractivity contribution >= 4 is 22.6 Å². The standard InChI is InChI=1S/C19H23N5O3/c1-5-27-14-8-6-13(7-9-14)22-16(25)11-23-12-20-17-15(18(23)26)10-21-24(17)19(2,3)4/h6-10,12H,5,11H2,1-4H3,(H,22,25). The molecule has 0 aliphatic rings. The molecular weight excluding hydrogens is 346 g/mol. The van der Waals surface area contributed by atoms with Crippen LogP contribution in [-0.2, 0) is 16.9 Å². The molecule has 0 aliphatic carbocycles. The van der Waals surface area contributed by atoms with Crippen LogP contribution >= 0.6 is 0 Å². The van der Waals surface area contributed by atoms with Gasteiger partial charge in [-0.05, 0) is 52.0 Å². The lowest BCUT2D eigenvalue weighted by Crippen LogP contribution is -2.29. The number of anilines is 1. The molecule has 2 heterocycles. The van der Waals surface area contributed by atoms with Crippen molar-refractivity contribution in [2.75, 3.05) is 11.9 Å². The van der Waals surface area contributed by atoms with Gasteiger partial charge in [-0.25, -0.2) is 9.67 Å². The largest absolute Gasteiger partial charge is 0.494 e. The number of benzene rings is 1. The number of rotatable bonds is 5. The Hall–Kier alpha value is -3.16.